The second-order valence-electron chi connectivity index (χ2n) is 8.37. The van der Waals surface area contributed by atoms with Crippen molar-refractivity contribution < 1.29 is 27.0 Å². The summed E-state index contributed by atoms with van der Waals surface area (Å²) < 4.78 is 31.5. The number of para-hydroxylation sites is 1. The molecule has 0 aromatic heterocycles. The van der Waals surface area contributed by atoms with E-state index < -0.39 is 33.7 Å². The topological polar surface area (TPSA) is 110 Å². The van der Waals surface area contributed by atoms with E-state index in [9.17, 15) is 22.8 Å². The van der Waals surface area contributed by atoms with Gasteiger partial charge in [-0.05, 0) is 71.1 Å². The number of fused-ring (bicyclic) bond motifs is 1. The minimum Gasteiger partial charge on any atom is -0.378 e. The van der Waals surface area contributed by atoms with E-state index in [1.165, 1.54) is 36.4 Å². The highest BCUT2D eigenvalue weighted by Gasteiger charge is 2.36. The van der Waals surface area contributed by atoms with Crippen LogP contribution in [0.4, 0.5) is 10.5 Å². The summed E-state index contributed by atoms with van der Waals surface area (Å²) in [6, 6.07) is 24.5. The van der Waals surface area contributed by atoms with Gasteiger partial charge in [0.2, 0.25) is 5.91 Å². The first-order valence-electron chi connectivity index (χ1n) is 11.5. The SMILES string of the molecule is O=C(CN1C(=O)S/C(=C\c2c(OS(=O)(=O)c3ccc(Cl)cc3)ccc3ccccc23)C1=O)Nc1ccccc1. The number of carbonyl (C=O) groups is 3. The summed E-state index contributed by atoms with van der Waals surface area (Å²) in [5, 5.41) is 3.76. The lowest BCUT2D eigenvalue weighted by Crippen LogP contribution is -2.36. The van der Waals surface area contributed by atoms with Crippen molar-refractivity contribution in [3.63, 3.8) is 0 Å². The molecule has 3 amide bonds. The monoisotopic (exact) mass is 578 g/mol. The summed E-state index contributed by atoms with van der Waals surface area (Å²) in [5.74, 6) is -1.24. The van der Waals surface area contributed by atoms with Gasteiger partial charge in [0.1, 0.15) is 11.4 Å². The Morgan fingerprint density at radius 3 is 2.36 bits per heavy atom. The molecule has 5 rings (SSSR count). The Labute approximate surface area is 233 Å². The second-order valence-corrected chi connectivity index (χ2v) is 11.3. The molecule has 11 heteroatoms. The number of imide groups is 1. The lowest BCUT2D eigenvalue weighted by Gasteiger charge is -2.13. The van der Waals surface area contributed by atoms with Crippen LogP contribution >= 0.6 is 23.4 Å². The Morgan fingerprint density at radius 1 is 0.923 bits per heavy atom. The molecule has 0 spiro atoms. The van der Waals surface area contributed by atoms with Crippen LogP contribution in [0.1, 0.15) is 5.56 Å². The summed E-state index contributed by atoms with van der Waals surface area (Å²) in [5.41, 5.74) is 0.828. The highest BCUT2D eigenvalue weighted by Crippen LogP contribution is 2.37. The molecular formula is C28H19ClN2O6S2. The largest absolute Gasteiger partial charge is 0.378 e. The van der Waals surface area contributed by atoms with Gasteiger partial charge in [0.25, 0.3) is 11.1 Å². The number of amides is 3. The van der Waals surface area contributed by atoms with Gasteiger partial charge in [0.05, 0.1) is 4.91 Å². The molecule has 0 atom stereocenters. The summed E-state index contributed by atoms with van der Waals surface area (Å²) >= 11 is 6.54. The summed E-state index contributed by atoms with van der Waals surface area (Å²) in [6.07, 6.45) is 1.41. The third kappa shape index (κ3) is 5.83. The van der Waals surface area contributed by atoms with Gasteiger partial charge in [-0.15, -0.1) is 0 Å². The molecule has 1 heterocycles. The highest BCUT2D eigenvalue weighted by molar-refractivity contribution is 8.18. The summed E-state index contributed by atoms with van der Waals surface area (Å²) in [6.45, 7) is -0.471. The van der Waals surface area contributed by atoms with Gasteiger partial charge in [0.15, 0.2) is 5.75 Å². The summed E-state index contributed by atoms with van der Waals surface area (Å²) in [7, 11) is -4.25. The molecule has 0 saturated carbocycles. The van der Waals surface area contributed by atoms with Gasteiger partial charge < -0.3 is 9.50 Å². The minimum absolute atomic E-state index is 0.0256. The first-order chi connectivity index (χ1) is 18.7. The molecule has 1 saturated heterocycles. The molecule has 0 aliphatic carbocycles. The minimum atomic E-state index is -4.25. The number of anilines is 1. The molecule has 8 nitrogen and oxygen atoms in total. The van der Waals surface area contributed by atoms with Gasteiger partial charge in [-0.25, -0.2) is 0 Å². The number of nitrogens with one attached hydrogen (secondary N) is 1. The molecule has 1 aliphatic heterocycles. The van der Waals surface area contributed by atoms with E-state index in [-0.39, 0.29) is 15.6 Å². The first-order valence-corrected chi connectivity index (χ1v) is 14.1. The van der Waals surface area contributed by atoms with Crippen LogP contribution in [0.15, 0.2) is 101 Å². The number of halogens is 1. The van der Waals surface area contributed by atoms with Crippen LogP contribution < -0.4 is 9.50 Å². The zero-order valence-electron chi connectivity index (χ0n) is 20.0. The van der Waals surface area contributed by atoms with E-state index in [0.29, 0.717) is 33.4 Å². The van der Waals surface area contributed by atoms with Gasteiger partial charge in [-0.2, -0.15) is 8.42 Å². The van der Waals surface area contributed by atoms with E-state index in [0.717, 1.165) is 10.3 Å². The van der Waals surface area contributed by atoms with E-state index in [4.69, 9.17) is 15.8 Å². The standard InChI is InChI=1S/C28H19ClN2O6S2/c29-19-11-13-21(14-12-19)39(35,36)37-24-15-10-18-6-4-5-9-22(18)23(24)16-25-27(33)31(28(34)38-25)17-26(32)30-20-7-2-1-3-8-20/h1-16H,17H2,(H,30,32)/b25-16-. The lowest BCUT2D eigenvalue weighted by atomic mass is 10.0. The molecule has 0 bridgehead atoms. The zero-order valence-corrected chi connectivity index (χ0v) is 22.4. The Bertz CT molecular complexity index is 1740. The molecular weight excluding hydrogens is 560 g/mol. The van der Waals surface area contributed by atoms with Crippen LogP contribution in [-0.4, -0.2) is 36.9 Å². The average Bonchev–Trinajstić information content (AvgIpc) is 3.18. The Hall–Kier alpha value is -4.12. The molecule has 0 unspecified atom stereocenters. The summed E-state index contributed by atoms with van der Waals surface area (Å²) in [4.78, 5) is 39.1. The number of thioether (sulfide) groups is 1. The van der Waals surface area contributed by atoms with E-state index >= 15 is 0 Å². The fourth-order valence-corrected chi connectivity index (χ4v) is 5.79. The van der Waals surface area contributed by atoms with Crippen LogP contribution in [0.5, 0.6) is 5.75 Å². The average molecular weight is 579 g/mol. The molecule has 1 aliphatic rings. The molecule has 1 N–H and O–H groups in total. The Balaban J connectivity index is 1.47. The predicted octanol–water partition coefficient (Wildman–Crippen LogP) is 5.94. The van der Waals surface area contributed by atoms with Crippen molar-refractivity contribution in [1.82, 2.24) is 4.90 Å². The maximum absolute atomic E-state index is 13.2. The Kier molecular flexibility index (Phi) is 7.42. The van der Waals surface area contributed by atoms with Gasteiger partial charge in [0, 0.05) is 16.3 Å². The van der Waals surface area contributed by atoms with Gasteiger partial charge in [-0.1, -0.05) is 60.1 Å². The predicted molar refractivity (Wildman–Crippen MR) is 151 cm³/mol. The van der Waals surface area contributed by atoms with Crippen LogP contribution in [0.3, 0.4) is 0 Å². The van der Waals surface area contributed by atoms with Crippen molar-refractivity contribution in [3.8, 4) is 5.75 Å². The van der Waals surface area contributed by atoms with Crippen molar-refractivity contribution in [1.29, 1.82) is 0 Å². The van der Waals surface area contributed by atoms with Crippen molar-refractivity contribution in [2.24, 2.45) is 0 Å². The fourth-order valence-electron chi connectivity index (χ4n) is 3.90. The maximum Gasteiger partial charge on any atom is 0.339 e. The lowest BCUT2D eigenvalue weighted by molar-refractivity contribution is -0.127. The first kappa shape index (κ1) is 26.5. The third-order valence-corrected chi connectivity index (χ3v) is 8.15. The van der Waals surface area contributed by atoms with Gasteiger partial charge in [-0.3, -0.25) is 19.3 Å². The van der Waals surface area contributed by atoms with E-state index in [2.05, 4.69) is 5.32 Å². The highest BCUT2D eigenvalue weighted by atomic mass is 35.5. The number of hydrogen-bond donors (Lipinski definition) is 1. The van der Waals surface area contributed by atoms with Crippen molar-refractivity contribution >= 4 is 73.1 Å². The zero-order chi connectivity index (χ0) is 27.6. The van der Waals surface area contributed by atoms with E-state index in [1.807, 2.05) is 12.1 Å². The third-order valence-electron chi connectivity index (χ3n) is 5.74. The number of carbonyl (C=O) groups excluding carboxylic acids is 3. The molecule has 0 radical (unpaired) electrons. The normalized spacial score (nSPS) is 14.7. The molecule has 4 aromatic rings. The van der Waals surface area contributed by atoms with Crippen LogP contribution in [0, 0.1) is 0 Å². The fraction of sp³-hybridized carbons (Fsp3) is 0.0357. The quantitative estimate of drug-likeness (QED) is 0.213. The second kappa shape index (κ2) is 10.9. The van der Waals surface area contributed by atoms with Crippen molar-refractivity contribution in [2.75, 3.05) is 11.9 Å². The maximum atomic E-state index is 13.2. The number of nitrogens with zero attached hydrogens (tertiary/aromatic N) is 1. The number of rotatable bonds is 7. The Morgan fingerprint density at radius 2 is 1.62 bits per heavy atom. The van der Waals surface area contributed by atoms with Crippen molar-refractivity contribution in [2.45, 2.75) is 4.90 Å². The van der Waals surface area contributed by atoms with Crippen LogP contribution in [0.2, 0.25) is 5.02 Å². The van der Waals surface area contributed by atoms with Crippen LogP contribution in [-0.2, 0) is 19.7 Å². The molecule has 1 fully saturated rings. The van der Waals surface area contributed by atoms with Crippen molar-refractivity contribution in [3.05, 3.63) is 106 Å². The molecule has 39 heavy (non-hydrogen) atoms. The van der Waals surface area contributed by atoms with E-state index in [1.54, 1.807) is 48.5 Å². The number of benzene rings is 4. The number of hydrogen-bond acceptors (Lipinski definition) is 7. The van der Waals surface area contributed by atoms with Crippen LogP contribution in [0.25, 0.3) is 16.8 Å². The van der Waals surface area contributed by atoms with Gasteiger partial charge >= 0.3 is 10.1 Å². The smallest absolute Gasteiger partial charge is 0.339 e. The molecule has 4 aromatic carbocycles. The molecule has 196 valence electrons.